The van der Waals surface area contributed by atoms with Crippen LogP contribution in [0.25, 0.3) is 0 Å². The van der Waals surface area contributed by atoms with Gasteiger partial charge in [0.25, 0.3) is 0 Å². The molecule has 2 heteroatoms. The molecule has 2 rings (SSSR count). The van der Waals surface area contributed by atoms with Crippen molar-refractivity contribution < 1.29 is 9.90 Å². The molecule has 0 spiro atoms. The smallest absolute Gasteiger partial charge is 0.335 e. The Hall–Kier alpha value is -2.09. The highest BCUT2D eigenvalue weighted by atomic mass is 16.4. The summed E-state index contributed by atoms with van der Waals surface area (Å²) in [5.74, 6) is -0.435. The zero-order valence-electron chi connectivity index (χ0n) is 12.9. The van der Waals surface area contributed by atoms with Crippen LogP contribution in [0.1, 0.15) is 52.4 Å². The molecular formula is C19H22O2. The molecule has 2 nitrogen and oxygen atoms in total. The maximum atomic E-state index is 11.4. The topological polar surface area (TPSA) is 37.3 Å². The first-order chi connectivity index (χ1) is 9.97. The predicted octanol–water partition coefficient (Wildman–Crippen LogP) is 4.60. The molecule has 0 saturated heterocycles. The maximum Gasteiger partial charge on any atom is 0.335 e. The van der Waals surface area contributed by atoms with Crippen LogP contribution in [-0.2, 0) is 12.8 Å². The van der Waals surface area contributed by atoms with Crippen LogP contribution in [0.2, 0.25) is 0 Å². The Labute approximate surface area is 126 Å². The van der Waals surface area contributed by atoms with Crippen LogP contribution in [0.3, 0.4) is 0 Å². The fraction of sp³-hybridized carbons (Fsp3) is 0.316. The zero-order valence-corrected chi connectivity index (χ0v) is 12.9. The van der Waals surface area contributed by atoms with Gasteiger partial charge in [-0.2, -0.15) is 0 Å². The van der Waals surface area contributed by atoms with Crippen molar-refractivity contribution in [3.63, 3.8) is 0 Å². The first-order valence-corrected chi connectivity index (χ1v) is 7.39. The third-order valence-electron chi connectivity index (χ3n) is 3.79. The van der Waals surface area contributed by atoms with E-state index in [-0.39, 0.29) is 0 Å². The fourth-order valence-corrected chi connectivity index (χ4v) is 2.53. The van der Waals surface area contributed by atoms with E-state index in [1.165, 1.54) is 16.7 Å². The van der Waals surface area contributed by atoms with E-state index in [0.717, 1.165) is 18.4 Å². The molecule has 2 aromatic rings. The van der Waals surface area contributed by atoms with Crippen molar-refractivity contribution >= 4 is 5.97 Å². The van der Waals surface area contributed by atoms with Crippen molar-refractivity contribution in [2.75, 3.05) is 0 Å². The van der Waals surface area contributed by atoms with Crippen LogP contribution in [0.4, 0.5) is 0 Å². The van der Waals surface area contributed by atoms with Crippen LogP contribution >= 0.6 is 0 Å². The summed E-state index contributed by atoms with van der Waals surface area (Å²) in [4.78, 5) is 11.4. The van der Waals surface area contributed by atoms with Gasteiger partial charge >= 0.3 is 5.97 Å². The maximum absolute atomic E-state index is 11.4. The summed E-state index contributed by atoms with van der Waals surface area (Å²) in [5.41, 5.74) is 5.03. The molecule has 21 heavy (non-hydrogen) atoms. The molecule has 0 bridgehead atoms. The summed E-state index contributed by atoms with van der Waals surface area (Å²) < 4.78 is 0. The molecule has 0 unspecified atom stereocenters. The lowest BCUT2D eigenvalue weighted by molar-refractivity contribution is 0.0695. The molecule has 110 valence electrons. The minimum absolute atomic E-state index is 0.408. The molecule has 0 atom stereocenters. The third kappa shape index (κ3) is 3.94. The largest absolute Gasteiger partial charge is 0.478 e. The predicted molar refractivity (Wildman–Crippen MR) is 86.1 cm³/mol. The highest BCUT2D eigenvalue weighted by Gasteiger charge is 2.12. The van der Waals surface area contributed by atoms with E-state index < -0.39 is 5.97 Å². The van der Waals surface area contributed by atoms with Gasteiger partial charge in [-0.15, -0.1) is 0 Å². The number of rotatable bonds is 5. The second-order valence-electron chi connectivity index (χ2n) is 5.87. The van der Waals surface area contributed by atoms with E-state index >= 15 is 0 Å². The molecule has 0 fully saturated rings. The van der Waals surface area contributed by atoms with Gasteiger partial charge in [0.15, 0.2) is 0 Å². The van der Waals surface area contributed by atoms with Gasteiger partial charge in [-0.05, 0) is 48.4 Å². The van der Waals surface area contributed by atoms with E-state index in [0.29, 0.717) is 11.5 Å². The first-order valence-electron chi connectivity index (χ1n) is 7.39. The second-order valence-corrected chi connectivity index (χ2v) is 5.87. The van der Waals surface area contributed by atoms with Crippen LogP contribution in [0, 0.1) is 6.92 Å². The molecule has 2 aromatic carbocycles. The number of carbonyl (C=O) groups is 1. The SMILES string of the molecule is Cc1cccc(CCc2cc(C(C)C)ccc2C(=O)O)c1. The average molecular weight is 282 g/mol. The van der Waals surface area contributed by atoms with E-state index in [1.54, 1.807) is 6.07 Å². The Morgan fingerprint density at radius 3 is 2.48 bits per heavy atom. The van der Waals surface area contributed by atoms with Gasteiger partial charge in [-0.25, -0.2) is 4.79 Å². The molecule has 1 N–H and O–H groups in total. The number of aromatic carboxylic acids is 1. The normalized spacial score (nSPS) is 10.9. The van der Waals surface area contributed by atoms with Crippen LogP contribution in [0.15, 0.2) is 42.5 Å². The number of carboxylic acids is 1. The second kappa shape index (κ2) is 6.57. The Morgan fingerprint density at radius 1 is 1.10 bits per heavy atom. The summed E-state index contributed by atoms with van der Waals surface area (Å²) in [6.45, 7) is 6.33. The molecule has 0 amide bonds. The van der Waals surface area contributed by atoms with Crippen molar-refractivity contribution in [1.29, 1.82) is 0 Å². The van der Waals surface area contributed by atoms with Crippen molar-refractivity contribution in [2.45, 2.75) is 39.5 Å². The molecule has 0 aromatic heterocycles. The lowest BCUT2D eigenvalue weighted by Gasteiger charge is -2.12. The highest BCUT2D eigenvalue weighted by molar-refractivity contribution is 5.89. The van der Waals surface area contributed by atoms with Gasteiger partial charge in [-0.1, -0.05) is 55.8 Å². The summed E-state index contributed by atoms with van der Waals surface area (Å²) in [6, 6.07) is 14.1. The van der Waals surface area contributed by atoms with E-state index in [1.807, 2.05) is 18.2 Å². The van der Waals surface area contributed by atoms with Gasteiger partial charge in [0, 0.05) is 0 Å². The quantitative estimate of drug-likeness (QED) is 0.870. The van der Waals surface area contributed by atoms with Gasteiger partial charge in [0.1, 0.15) is 0 Å². The molecule has 0 saturated carbocycles. The van der Waals surface area contributed by atoms with Crippen molar-refractivity contribution in [1.82, 2.24) is 0 Å². The molecule has 0 aliphatic carbocycles. The Morgan fingerprint density at radius 2 is 1.86 bits per heavy atom. The monoisotopic (exact) mass is 282 g/mol. The van der Waals surface area contributed by atoms with Gasteiger partial charge < -0.3 is 5.11 Å². The van der Waals surface area contributed by atoms with Gasteiger partial charge in [0.05, 0.1) is 5.56 Å². The zero-order chi connectivity index (χ0) is 15.4. The molecule has 0 aliphatic rings. The number of benzene rings is 2. The van der Waals surface area contributed by atoms with Gasteiger partial charge in [-0.3, -0.25) is 0 Å². The van der Waals surface area contributed by atoms with Crippen molar-refractivity contribution in [2.24, 2.45) is 0 Å². The van der Waals surface area contributed by atoms with Crippen LogP contribution in [-0.4, -0.2) is 11.1 Å². The van der Waals surface area contributed by atoms with E-state index in [2.05, 4.69) is 39.0 Å². The van der Waals surface area contributed by atoms with Crippen molar-refractivity contribution in [3.8, 4) is 0 Å². The Balaban J connectivity index is 2.24. The molecule has 0 aliphatic heterocycles. The van der Waals surface area contributed by atoms with Crippen LogP contribution < -0.4 is 0 Å². The minimum atomic E-state index is -0.843. The lowest BCUT2D eigenvalue weighted by atomic mass is 9.93. The number of hydrogen-bond donors (Lipinski definition) is 1. The fourth-order valence-electron chi connectivity index (χ4n) is 2.53. The Kier molecular flexibility index (Phi) is 4.79. The average Bonchev–Trinajstić information content (AvgIpc) is 2.44. The molecular weight excluding hydrogens is 260 g/mol. The first kappa shape index (κ1) is 15.3. The summed E-state index contributed by atoms with van der Waals surface area (Å²) in [5, 5.41) is 9.34. The van der Waals surface area contributed by atoms with Crippen molar-refractivity contribution in [3.05, 3.63) is 70.3 Å². The standard InChI is InChI=1S/C19H22O2/c1-13(2)16-9-10-18(19(20)21)17(12-16)8-7-15-6-4-5-14(3)11-15/h4-6,9-13H,7-8H2,1-3H3,(H,20,21). The summed E-state index contributed by atoms with van der Waals surface area (Å²) in [7, 11) is 0. The minimum Gasteiger partial charge on any atom is -0.478 e. The highest BCUT2D eigenvalue weighted by Crippen LogP contribution is 2.21. The number of aryl methyl sites for hydroxylation is 3. The lowest BCUT2D eigenvalue weighted by Crippen LogP contribution is -2.05. The third-order valence-corrected chi connectivity index (χ3v) is 3.79. The summed E-state index contributed by atoms with van der Waals surface area (Å²) in [6.07, 6.45) is 1.62. The van der Waals surface area contributed by atoms with E-state index in [4.69, 9.17) is 0 Å². The summed E-state index contributed by atoms with van der Waals surface area (Å²) >= 11 is 0. The number of hydrogen-bond acceptors (Lipinski definition) is 1. The Bertz CT molecular complexity index is 642. The van der Waals surface area contributed by atoms with Gasteiger partial charge in [0.2, 0.25) is 0 Å². The van der Waals surface area contributed by atoms with E-state index in [9.17, 15) is 9.90 Å². The number of carboxylic acid groups (broad SMARTS) is 1. The molecule has 0 heterocycles. The van der Waals surface area contributed by atoms with Crippen LogP contribution in [0.5, 0.6) is 0 Å². The molecule has 0 radical (unpaired) electrons.